The molecular formula is C14H19NO. The summed E-state index contributed by atoms with van der Waals surface area (Å²) >= 11 is 0. The van der Waals surface area contributed by atoms with Gasteiger partial charge >= 0.3 is 0 Å². The Morgan fingerprint density at radius 1 is 1.38 bits per heavy atom. The predicted octanol–water partition coefficient (Wildman–Crippen LogP) is 2.02. The first-order valence-corrected chi connectivity index (χ1v) is 5.93. The van der Waals surface area contributed by atoms with Crippen molar-refractivity contribution in [3.05, 3.63) is 34.9 Å². The SMILES string of the molecule is Cc1ccc(C)c(CC(=O)CC2CNC2)c1. The van der Waals surface area contributed by atoms with Gasteiger partial charge in [-0.25, -0.2) is 0 Å². The minimum absolute atomic E-state index is 0.375. The van der Waals surface area contributed by atoms with Crippen molar-refractivity contribution in [3.8, 4) is 0 Å². The van der Waals surface area contributed by atoms with E-state index in [4.69, 9.17) is 0 Å². The van der Waals surface area contributed by atoms with Crippen molar-refractivity contribution in [3.63, 3.8) is 0 Å². The molecule has 0 unspecified atom stereocenters. The smallest absolute Gasteiger partial charge is 0.137 e. The van der Waals surface area contributed by atoms with Gasteiger partial charge in [-0.05, 0) is 44.0 Å². The fourth-order valence-electron chi connectivity index (χ4n) is 2.09. The number of rotatable bonds is 4. The maximum absolute atomic E-state index is 11.9. The summed E-state index contributed by atoms with van der Waals surface area (Å²) in [7, 11) is 0. The summed E-state index contributed by atoms with van der Waals surface area (Å²) in [6, 6.07) is 6.33. The van der Waals surface area contributed by atoms with E-state index < -0.39 is 0 Å². The third kappa shape index (κ3) is 2.70. The van der Waals surface area contributed by atoms with Gasteiger partial charge in [0, 0.05) is 12.8 Å². The zero-order valence-corrected chi connectivity index (χ0v) is 10.0. The number of benzene rings is 1. The van der Waals surface area contributed by atoms with Gasteiger partial charge in [-0.3, -0.25) is 4.79 Å². The zero-order valence-electron chi connectivity index (χ0n) is 10.0. The Morgan fingerprint density at radius 3 is 2.75 bits per heavy atom. The number of carbonyl (C=O) groups is 1. The number of hydrogen-bond donors (Lipinski definition) is 1. The Labute approximate surface area is 97.1 Å². The van der Waals surface area contributed by atoms with Crippen LogP contribution < -0.4 is 5.32 Å². The molecule has 0 amide bonds. The summed E-state index contributed by atoms with van der Waals surface area (Å²) in [5, 5.41) is 3.20. The van der Waals surface area contributed by atoms with Crippen LogP contribution in [0.25, 0.3) is 0 Å². The van der Waals surface area contributed by atoms with Crippen LogP contribution in [0.15, 0.2) is 18.2 Å². The fraction of sp³-hybridized carbons (Fsp3) is 0.500. The normalized spacial score (nSPS) is 15.9. The lowest BCUT2D eigenvalue weighted by Crippen LogP contribution is -2.43. The van der Waals surface area contributed by atoms with Crippen LogP contribution in [0.5, 0.6) is 0 Å². The van der Waals surface area contributed by atoms with E-state index in [1.54, 1.807) is 0 Å². The molecule has 0 aromatic heterocycles. The molecule has 1 aromatic carbocycles. The lowest BCUT2D eigenvalue weighted by Gasteiger charge is -2.26. The minimum atomic E-state index is 0.375. The maximum Gasteiger partial charge on any atom is 0.137 e. The summed E-state index contributed by atoms with van der Waals surface area (Å²) < 4.78 is 0. The first-order chi connectivity index (χ1) is 7.65. The number of aryl methyl sites for hydroxylation is 2. The first-order valence-electron chi connectivity index (χ1n) is 5.93. The molecule has 1 aliphatic rings. The Balaban J connectivity index is 1.96. The van der Waals surface area contributed by atoms with Crippen molar-refractivity contribution in [1.29, 1.82) is 0 Å². The van der Waals surface area contributed by atoms with E-state index in [-0.39, 0.29) is 0 Å². The highest BCUT2D eigenvalue weighted by atomic mass is 16.1. The van der Waals surface area contributed by atoms with Crippen molar-refractivity contribution in [2.24, 2.45) is 5.92 Å². The second-order valence-electron chi connectivity index (χ2n) is 4.87. The number of nitrogens with one attached hydrogen (secondary N) is 1. The van der Waals surface area contributed by atoms with Gasteiger partial charge in [0.25, 0.3) is 0 Å². The van der Waals surface area contributed by atoms with Gasteiger partial charge in [-0.2, -0.15) is 0 Å². The fourth-order valence-corrected chi connectivity index (χ4v) is 2.09. The molecule has 1 aliphatic heterocycles. The molecule has 1 N–H and O–H groups in total. The Hall–Kier alpha value is -1.15. The van der Waals surface area contributed by atoms with E-state index in [2.05, 4.69) is 37.4 Å². The molecule has 2 nitrogen and oxygen atoms in total. The molecule has 16 heavy (non-hydrogen) atoms. The molecule has 2 heteroatoms. The van der Waals surface area contributed by atoms with Crippen molar-refractivity contribution in [1.82, 2.24) is 5.32 Å². The molecule has 0 atom stereocenters. The van der Waals surface area contributed by atoms with E-state index in [0.29, 0.717) is 18.1 Å². The van der Waals surface area contributed by atoms with Crippen LogP contribution in [-0.2, 0) is 11.2 Å². The van der Waals surface area contributed by atoms with Gasteiger partial charge in [0.1, 0.15) is 5.78 Å². The molecule has 1 aromatic rings. The topological polar surface area (TPSA) is 29.1 Å². The standard InChI is InChI=1S/C14H19NO/c1-10-3-4-11(2)13(5-10)7-14(16)6-12-8-15-9-12/h3-5,12,15H,6-9H2,1-2H3. The molecule has 86 valence electrons. The van der Waals surface area contributed by atoms with Gasteiger partial charge in [0.15, 0.2) is 0 Å². The molecule has 0 radical (unpaired) electrons. The Bertz CT molecular complexity index is 394. The van der Waals surface area contributed by atoms with E-state index in [9.17, 15) is 4.79 Å². The second kappa shape index (κ2) is 4.79. The van der Waals surface area contributed by atoms with Crippen molar-refractivity contribution in [2.45, 2.75) is 26.7 Å². The van der Waals surface area contributed by atoms with E-state index in [0.717, 1.165) is 19.5 Å². The molecule has 0 saturated carbocycles. The quantitative estimate of drug-likeness (QED) is 0.836. The molecule has 1 saturated heterocycles. The summed E-state index contributed by atoms with van der Waals surface area (Å²) in [6.45, 7) is 6.17. The Morgan fingerprint density at radius 2 is 2.12 bits per heavy atom. The zero-order chi connectivity index (χ0) is 11.5. The van der Waals surface area contributed by atoms with Crippen LogP contribution >= 0.6 is 0 Å². The van der Waals surface area contributed by atoms with Crippen LogP contribution in [0.1, 0.15) is 23.1 Å². The highest BCUT2D eigenvalue weighted by Crippen LogP contribution is 2.15. The van der Waals surface area contributed by atoms with Crippen LogP contribution in [0.2, 0.25) is 0 Å². The average Bonchev–Trinajstić information content (AvgIpc) is 2.18. The average molecular weight is 217 g/mol. The molecule has 1 heterocycles. The van der Waals surface area contributed by atoms with Gasteiger partial charge in [0.2, 0.25) is 0 Å². The van der Waals surface area contributed by atoms with Crippen molar-refractivity contribution in [2.75, 3.05) is 13.1 Å². The lowest BCUT2D eigenvalue weighted by molar-refractivity contribution is -0.119. The first kappa shape index (κ1) is 11.3. The van der Waals surface area contributed by atoms with Gasteiger partial charge in [-0.1, -0.05) is 23.8 Å². The second-order valence-corrected chi connectivity index (χ2v) is 4.87. The van der Waals surface area contributed by atoms with Gasteiger partial charge < -0.3 is 5.32 Å². The predicted molar refractivity (Wildman–Crippen MR) is 65.6 cm³/mol. The summed E-state index contributed by atoms with van der Waals surface area (Å²) in [4.78, 5) is 11.9. The number of ketones is 1. The van der Waals surface area contributed by atoms with Crippen LogP contribution in [0.4, 0.5) is 0 Å². The molecule has 0 bridgehead atoms. The Kier molecular flexibility index (Phi) is 3.39. The molecule has 0 aliphatic carbocycles. The minimum Gasteiger partial charge on any atom is -0.316 e. The van der Waals surface area contributed by atoms with Gasteiger partial charge in [0.05, 0.1) is 0 Å². The van der Waals surface area contributed by atoms with Crippen LogP contribution in [0.3, 0.4) is 0 Å². The number of carbonyl (C=O) groups excluding carboxylic acids is 1. The molecular weight excluding hydrogens is 198 g/mol. The van der Waals surface area contributed by atoms with Gasteiger partial charge in [-0.15, -0.1) is 0 Å². The molecule has 1 fully saturated rings. The van der Waals surface area contributed by atoms with Crippen molar-refractivity contribution >= 4 is 5.78 Å². The number of hydrogen-bond acceptors (Lipinski definition) is 2. The molecule has 0 spiro atoms. The molecule has 2 rings (SSSR count). The van der Waals surface area contributed by atoms with Crippen LogP contribution in [-0.4, -0.2) is 18.9 Å². The highest BCUT2D eigenvalue weighted by molar-refractivity contribution is 5.81. The maximum atomic E-state index is 11.9. The van der Waals surface area contributed by atoms with E-state index in [1.165, 1.54) is 16.7 Å². The summed E-state index contributed by atoms with van der Waals surface area (Å²) in [5.74, 6) is 0.956. The van der Waals surface area contributed by atoms with E-state index >= 15 is 0 Å². The lowest BCUT2D eigenvalue weighted by atomic mass is 9.92. The summed E-state index contributed by atoms with van der Waals surface area (Å²) in [5.41, 5.74) is 3.65. The third-order valence-electron chi connectivity index (χ3n) is 3.27. The number of Topliss-reactive ketones (excluding diaryl/α,β-unsaturated/α-hetero) is 1. The van der Waals surface area contributed by atoms with Crippen LogP contribution in [0, 0.1) is 19.8 Å². The van der Waals surface area contributed by atoms with Crippen molar-refractivity contribution < 1.29 is 4.79 Å². The monoisotopic (exact) mass is 217 g/mol. The highest BCUT2D eigenvalue weighted by Gasteiger charge is 2.20. The summed E-state index contributed by atoms with van der Waals surface area (Å²) in [6.07, 6.45) is 1.34. The van der Waals surface area contributed by atoms with E-state index in [1.807, 2.05) is 0 Å². The third-order valence-corrected chi connectivity index (χ3v) is 3.27. The largest absolute Gasteiger partial charge is 0.316 e.